The summed E-state index contributed by atoms with van der Waals surface area (Å²) in [6.45, 7) is 0. The highest BCUT2D eigenvalue weighted by molar-refractivity contribution is 6.12. The van der Waals surface area contributed by atoms with E-state index in [1.807, 2.05) is 6.08 Å². The van der Waals surface area contributed by atoms with Gasteiger partial charge in [0.1, 0.15) is 5.60 Å². The van der Waals surface area contributed by atoms with Crippen LogP contribution in [0.5, 0.6) is 0 Å². The number of ketones is 2. The van der Waals surface area contributed by atoms with Crippen LogP contribution in [-0.2, 0) is 14.3 Å². The van der Waals surface area contributed by atoms with Gasteiger partial charge in [-0.15, -0.1) is 0 Å². The first-order valence-corrected chi connectivity index (χ1v) is 4.49. The molecule has 0 aliphatic heterocycles. The van der Waals surface area contributed by atoms with Crippen molar-refractivity contribution in [2.45, 2.75) is 31.3 Å². The molecule has 0 heterocycles. The van der Waals surface area contributed by atoms with E-state index in [-0.39, 0.29) is 18.0 Å². The Kier molecular flexibility index (Phi) is 1.84. The van der Waals surface area contributed by atoms with Gasteiger partial charge < -0.3 is 4.74 Å². The molecule has 0 aromatic heterocycles. The average molecular weight is 180 g/mol. The molecule has 3 aliphatic rings. The second kappa shape index (κ2) is 2.77. The van der Waals surface area contributed by atoms with E-state index in [2.05, 4.69) is 0 Å². The Balaban J connectivity index is 2.40. The van der Waals surface area contributed by atoms with Crippen LogP contribution >= 0.6 is 0 Å². The van der Waals surface area contributed by atoms with E-state index in [0.717, 1.165) is 5.57 Å². The summed E-state index contributed by atoms with van der Waals surface area (Å²) in [4.78, 5) is 23.1. The molecule has 3 heteroatoms. The number of carbonyl (C=O) groups excluding carboxylic acids is 2. The lowest BCUT2D eigenvalue weighted by Gasteiger charge is -2.29. The van der Waals surface area contributed by atoms with Gasteiger partial charge in [0.05, 0.1) is 6.42 Å². The van der Waals surface area contributed by atoms with Crippen molar-refractivity contribution in [3.05, 3.63) is 11.6 Å². The van der Waals surface area contributed by atoms with Crippen LogP contribution in [0.2, 0.25) is 0 Å². The van der Waals surface area contributed by atoms with Gasteiger partial charge in [0.15, 0.2) is 11.6 Å². The van der Waals surface area contributed by atoms with Crippen LogP contribution in [0.1, 0.15) is 25.7 Å². The highest BCUT2D eigenvalue weighted by Crippen LogP contribution is 2.36. The molecular formula is C10H12O3. The van der Waals surface area contributed by atoms with E-state index in [0.29, 0.717) is 19.3 Å². The van der Waals surface area contributed by atoms with Crippen molar-refractivity contribution in [2.24, 2.45) is 0 Å². The van der Waals surface area contributed by atoms with Gasteiger partial charge >= 0.3 is 0 Å². The zero-order valence-corrected chi connectivity index (χ0v) is 7.63. The van der Waals surface area contributed by atoms with Gasteiger partial charge in [-0.2, -0.15) is 0 Å². The second-order valence-corrected chi connectivity index (χ2v) is 3.66. The molecule has 1 fully saturated rings. The molecule has 2 bridgehead atoms. The molecular weight excluding hydrogens is 168 g/mol. The largest absolute Gasteiger partial charge is 0.370 e. The van der Waals surface area contributed by atoms with E-state index < -0.39 is 5.60 Å². The van der Waals surface area contributed by atoms with Gasteiger partial charge in [-0.3, -0.25) is 9.59 Å². The molecule has 0 aromatic rings. The number of hydrogen-bond acceptors (Lipinski definition) is 3. The van der Waals surface area contributed by atoms with Crippen molar-refractivity contribution in [3.8, 4) is 0 Å². The molecule has 0 radical (unpaired) electrons. The summed E-state index contributed by atoms with van der Waals surface area (Å²) in [7, 11) is 1.55. The van der Waals surface area contributed by atoms with E-state index in [1.165, 1.54) is 0 Å². The Labute approximate surface area is 76.8 Å². The quantitative estimate of drug-likeness (QED) is 0.566. The predicted molar refractivity (Wildman–Crippen MR) is 46.3 cm³/mol. The predicted octanol–water partition coefficient (Wildman–Crippen LogP) is 1.02. The Morgan fingerprint density at radius 3 is 2.77 bits per heavy atom. The zero-order valence-electron chi connectivity index (χ0n) is 7.63. The number of carbonyl (C=O) groups is 2. The van der Waals surface area contributed by atoms with Gasteiger partial charge in [0.25, 0.3) is 0 Å². The molecule has 0 N–H and O–H groups in total. The first kappa shape index (κ1) is 8.63. The normalized spacial score (nSPS) is 33.2. The lowest BCUT2D eigenvalue weighted by molar-refractivity contribution is -0.142. The molecule has 70 valence electrons. The van der Waals surface area contributed by atoms with E-state index in [1.54, 1.807) is 7.11 Å². The van der Waals surface area contributed by atoms with E-state index in [4.69, 9.17) is 4.74 Å². The Morgan fingerprint density at radius 1 is 1.46 bits per heavy atom. The van der Waals surface area contributed by atoms with E-state index in [9.17, 15) is 9.59 Å². The van der Waals surface area contributed by atoms with Crippen LogP contribution in [0.3, 0.4) is 0 Å². The molecule has 1 saturated carbocycles. The van der Waals surface area contributed by atoms with Crippen LogP contribution in [0.25, 0.3) is 0 Å². The summed E-state index contributed by atoms with van der Waals surface area (Å²) in [5.41, 5.74) is 0.133. The van der Waals surface area contributed by atoms with E-state index >= 15 is 0 Å². The van der Waals surface area contributed by atoms with Crippen LogP contribution in [0.4, 0.5) is 0 Å². The number of fused-ring (bicyclic) bond motifs is 4. The fraction of sp³-hybridized carbons (Fsp3) is 0.600. The highest BCUT2D eigenvalue weighted by Gasteiger charge is 2.44. The third-order valence-corrected chi connectivity index (χ3v) is 3.05. The molecule has 3 nitrogen and oxygen atoms in total. The van der Waals surface area contributed by atoms with Crippen molar-refractivity contribution >= 4 is 11.6 Å². The molecule has 0 saturated heterocycles. The SMILES string of the molecule is CO[C@@]12CC=C(CC1)C(=O)CC2=O. The number of allylic oxidation sites excluding steroid dienone is 1. The second-order valence-electron chi connectivity index (χ2n) is 3.66. The van der Waals surface area contributed by atoms with Gasteiger partial charge in [0.2, 0.25) is 0 Å². The third-order valence-electron chi connectivity index (χ3n) is 3.05. The standard InChI is InChI=1S/C10H12O3/c1-13-10-4-2-7(3-5-10)8(11)6-9(10)12/h2H,3-6H2,1H3/t10-/m0/s1. The van der Waals surface area contributed by atoms with Gasteiger partial charge in [-0.1, -0.05) is 6.08 Å². The minimum Gasteiger partial charge on any atom is -0.370 e. The summed E-state index contributed by atoms with van der Waals surface area (Å²) in [5.74, 6) is -0.0647. The zero-order chi connectivity index (χ0) is 9.47. The summed E-state index contributed by atoms with van der Waals surface area (Å²) in [5, 5.41) is 0. The van der Waals surface area contributed by atoms with Crippen LogP contribution < -0.4 is 0 Å². The monoisotopic (exact) mass is 180 g/mol. The van der Waals surface area contributed by atoms with Crippen molar-refractivity contribution in [1.82, 2.24) is 0 Å². The lowest BCUT2D eigenvalue weighted by Crippen LogP contribution is -2.40. The lowest BCUT2D eigenvalue weighted by atomic mass is 9.85. The fourth-order valence-corrected chi connectivity index (χ4v) is 2.05. The smallest absolute Gasteiger partial charge is 0.172 e. The minimum absolute atomic E-state index is 0.0126. The van der Waals surface area contributed by atoms with Crippen molar-refractivity contribution in [3.63, 3.8) is 0 Å². The van der Waals surface area contributed by atoms with Gasteiger partial charge in [-0.05, 0) is 18.4 Å². The topological polar surface area (TPSA) is 43.4 Å². The van der Waals surface area contributed by atoms with Gasteiger partial charge in [-0.25, -0.2) is 0 Å². The maximum absolute atomic E-state index is 11.7. The van der Waals surface area contributed by atoms with Crippen molar-refractivity contribution in [1.29, 1.82) is 0 Å². The maximum atomic E-state index is 11.7. The Morgan fingerprint density at radius 2 is 2.23 bits per heavy atom. The Bertz CT molecular complexity index is 303. The first-order chi connectivity index (χ1) is 6.18. The molecule has 1 atom stereocenters. The number of methoxy groups -OCH3 is 1. The molecule has 0 unspecified atom stereocenters. The molecule has 3 aliphatic carbocycles. The minimum atomic E-state index is -0.685. The van der Waals surface area contributed by atoms with Crippen molar-refractivity contribution in [2.75, 3.05) is 7.11 Å². The Hall–Kier alpha value is -0.960. The fourth-order valence-electron chi connectivity index (χ4n) is 2.05. The molecule has 3 rings (SSSR count). The number of rotatable bonds is 1. The summed E-state index contributed by atoms with van der Waals surface area (Å²) in [6, 6.07) is 0. The summed E-state index contributed by atoms with van der Waals surface area (Å²) in [6.07, 6.45) is 3.82. The third kappa shape index (κ3) is 1.15. The number of Topliss-reactive ketones (excluding diaryl/α,β-unsaturated/α-hetero) is 2. The summed E-state index contributed by atoms with van der Waals surface area (Å²) >= 11 is 0. The highest BCUT2D eigenvalue weighted by atomic mass is 16.5. The maximum Gasteiger partial charge on any atom is 0.172 e. The molecule has 0 spiro atoms. The summed E-state index contributed by atoms with van der Waals surface area (Å²) < 4.78 is 5.26. The molecule has 0 amide bonds. The van der Waals surface area contributed by atoms with Crippen LogP contribution in [-0.4, -0.2) is 24.3 Å². The van der Waals surface area contributed by atoms with Crippen LogP contribution in [0, 0.1) is 0 Å². The average Bonchev–Trinajstić information content (AvgIpc) is 2.34. The molecule has 13 heavy (non-hydrogen) atoms. The van der Waals surface area contributed by atoms with Crippen molar-refractivity contribution < 1.29 is 14.3 Å². The van der Waals surface area contributed by atoms with Crippen LogP contribution in [0.15, 0.2) is 11.6 Å². The number of hydrogen-bond donors (Lipinski definition) is 0. The first-order valence-electron chi connectivity index (χ1n) is 4.49. The van der Waals surface area contributed by atoms with Gasteiger partial charge in [0, 0.05) is 13.5 Å². The molecule has 0 aromatic carbocycles. The number of ether oxygens (including phenoxy) is 1.